The molecule has 0 saturated carbocycles. The minimum Gasteiger partial charge on any atom is -0.435 e. The highest BCUT2D eigenvalue weighted by Gasteiger charge is 2.12. The van der Waals surface area contributed by atoms with Crippen molar-refractivity contribution in [3.63, 3.8) is 0 Å². The van der Waals surface area contributed by atoms with Gasteiger partial charge in [-0.15, -0.1) is 0 Å². The van der Waals surface area contributed by atoms with Gasteiger partial charge in [-0.25, -0.2) is 9.37 Å². The summed E-state index contributed by atoms with van der Waals surface area (Å²) < 4.78 is 18.1. The van der Waals surface area contributed by atoms with E-state index in [-0.39, 0.29) is 11.5 Å². The van der Waals surface area contributed by atoms with Crippen molar-refractivity contribution in [2.75, 3.05) is 0 Å². The van der Waals surface area contributed by atoms with E-state index in [4.69, 9.17) is 9.52 Å². The molecular weight excluding hydrogens is 173 g/mol. The zero-order valence-corrected chi connectivity index (χ0v) is 6.99. The number of aliphatic hydroxyl groups is 1. The fourth-order valence-electron chi connectivity index (χ4n) is 1.11. The maximum atomic E-state index is 13.0. The van der Waals surface area contributed by atoms with Crippen LogP contribution >= 0.6 is 0 Å². The second-order valence-corrected chi connectivity index (χ2v) is 2.82. The normalized spacial score (nSPS) is 13.5. The summed E-state index contributed by atoms with van der Waals surface area (Å²) in [7, 11) is 0. The number of hydrogen-bond donors (Lipinski definition) is 1. The van der Waals surface area contributed by atoms with Crippen molar-refractivity contribution in [3.05, 3.63) is 29.9 Å². The molecule has 4 heteroatoms. The lowest BCUT2D eigenvalue weighted by molar-refractivity contribution is 0.165. The SMILES string of the molecule is CC(O)c1nc2cccc(F)c2o1. The summed E-state index contributed by atoms with van der Waals surface area (Å²) in [5.74, 6) is -0.322. The second kappa shape index (κ2) is 2.81. The second-order valence-electron chi connectivity index (χ2n) is 2.82. The lowest BCUT2D eigenvalue weighted by atomic mass is 10.3. The van der Waals surface area contributed by atoms with Crippen molar-refractivity contribution in [1.29, 1.82) is 0 Å². The van der Waals surface area contributed by atoms with Gasteiger partial charge in [0.2, 0.25) is 5.89 Å². The van der Waals surface area contributed by atoms with Gasteiger partial charge in [-0.1, -0.05) is 6.07 Å². The third-order valence-electron chi connectivity index (χ3n) is 1.74. The molecule has 0 aliphatic carbocycles. The molecule has 3 nitrogen and oxygen atoms in total. The van der Waals surface area contributed by atoms with Gasteiger partial charge in [0.05, 0.1) is 0 Å². The van der Waals surface area contributed by atoms with Crippen molar-refractivity contribution < 1.29 is 13.9 Å². The minimum absolute atomic E-state index is 0.0957. The summed E-state index contributed by atoms with van der Waals surface area (Å²) in [6, 6.07) is 4.47. The Bertz CT molecular complexity index is 436. The van der Waals surface area contributed by atoms with Gasteiger partial charge in [0.1, 0.15) is 11.6 Å². The number of hydrogen-bond acceptors (Lipinski definition) is 3. The summed E-state index contributed by atoms with van der Waals surface area (Å²) in [6.45, 7) is 1.52. The minimum atomic E-state index is -0.813. The highest BCUT2D eigenvalue weighted by atomic mass is 19.1. The van der Waals surface area contributed by atoms with Crippen LogP contribution in [0.1, 0.15) is 18.9 Å². The molecule has 1 atom stereocenters. The van der Waals surface area contributed by atoms with Gasteiger partial charge in [0.25, 0.3) is 0 Å². The predicted octanol–water partition coefficient (Wildman–Crippen LogP) is 2.02. The summed E-state index contributed by atoms with van der Waals surface area (Å²) in [6.07, 6.45) is -0.813. The standard InChI is InChI=1S/C9H8FNO2/c1-5(12)9-11-7-4-2-3-6(10)8(7)13-9/h2-5,12H,1H3. The first-order valence-electron chi connectivity index (χ1n) is 3.91. The van der Waals surface area contributed by atoms with Crippen LogP contribution in [0.2, 0.25) is 0 Å². The molecule has 0 amide bonds. The predicted molar refractivity (Wildman–Crippen MR) is 44.6 cm³/mol. The van der Waals surface area contributed by atoms with Crippen LogP contribution in [0.25, 0.3) is 11.1 Å². The quantitative estimate of drug-likeness (QED) is 0.732. The van der Waals surface area contributed by atoms with Crippen LogP contribution in [0, 0.1) is 5.82 Å². The fraction of sp³-hybridized carbons (Fsp3) is 0.222. The van der Waals surface area contributed by atoms with E-state index in [1.165, 1.54) is 13.0 Å². The summed E-state index contributed by atoms with van der Waals surface area (Å²) >= 11 is 0. The topological polar surface area (TPSA) is 46.3 Å². The van der Waals surface area contributed by atoms with Gasteiger partial charge in [0, 0.05) is 0 Å². The average molecular weight is 181 g/mol. The number of benzene rings is 1. The van der Waals surface area contributed by atoms with Gasteiger partial charge in [0.15, 0.2) is 11.4 Å². The Morgan fingerprint density at radius 2 is 2.31 bits per heavy atom. The Balaban J connectivity index is 2.68. The smallest absolute Gasteiger partial charge is 0.224 e. The zero-order chi connectivity index (χ0) is 9.42. The molecule has 1 aromatic carbocycles. The monoisotopic (exact) mass is 181 g/mol. The van der Waals surface area contributed by atoms with E-state index in [0.29, 0.717) is 5.52 Å². The van der Waals surface area contributed by atoms with Crippen molar-refractivity contribution >= 4 is 11.1 Å². The van der Waals surface area contributed by atoms with E-state index < -0.39 is 11.9 Å². The Labute approximate surface area is 73.8 Å². The lowest BCUT2D eigenvalue weighted by Crippen LogP contribution is -1.88. The number of nitrogens with zero attached hydrogens (tertiary/aromatic N) is 1. The molecule has 13 heavy (non-hydrogen) atoms. The number of aliphatic hydroxyl groups excluding tert-OH is 1. The number of para-hydroxylation sites is 1. The Morgan fingerprint density at radius 3 is 2.92 bits per heavy atom. The van der Waals surface area contributed by atoms with Crippen molar-refractivity contribution in [3.8, 4) is 0 Å². The average Bonchev–Trinajstić information content (AvgIpc) is 2.49. The van der Waals surface area contributed by atoms with Gasteiger partial charge in [-0.3, -0.25) is 0 Å². The number of halogens is 1. The summed E-state index contributed by atoms with van der Waals surface area (Å²) in [5, 5.41) is 9.14. The first kappa shape index (κ1) is 8.19. The van der Waals surface area contributed by atoms with E-state index in [0.717, 1.165) is 0 Å². The number of oxazole rings is 1. The van der Waals surface area contributed by atoms with E-state index in [9.17, 15) is 4.39 Å². The molecule has 0 aliphatic heterocycles. The molecule has 2 aromatic rings. The number of aromatic nitrogens is 1. The molecule has 2 rings (SSSR count). The largest absolute Gasteiger partial charge is 0.435 e. The van der Waals surface area contributed by atoms with E-state index in [1.807, 2.05) is 0 Å². The van der Waals surface area contributed by atoms with Crippen molar-refractivity contribution in [2.24, 2.45) is 0 Å². The highest BCUT2D eigenvalue weighted by Crippen LogP contribution is 2.21. The van der Waals surface area contributed by atoms with Crippen molar-refractivity contribution in [1.82, 2.24) is 4.98 Å². The van der Waals surface area contributed by atoms with Crippen LogP contribution in [0.15, 0.2) is 22.6 Å². The summed E-state index contributed by atoms with van der Waals surface area (Å²) in [5.41, 5.74) is 0.523. The molecule has 0 saturated heterocycles. The molecule has 0 spiro atoms. The van der Waals surface area contributed by atoms with Crippen LogP contribution in [-0.2, 0) is 0 Å². The number of fused-ring (bicyclic) bond motifs is 1. The summed E-state index contributed by atoms with van der Waals surface area (Å²) in [4.78, 5) is 3.92. The Kier molecular flexibility index (Phi) is 1.77. The molecule has 1 N–H and O–H groups in total. The molecule has 0 bridgehead atoms. The van der Waals surface area contributed by atoms with Gasteiger partial charge >= 0.3 is 0 Å². The Hall–Kier alpha value is -1.42. The molecular formula is C9H8FNO2. The van der Waals surface area contributed by atoms with Crippen LogP contribution < -0.4 is 0 Å². The van der Waals surface area contributed by atoms with Crippen LogP contribution in [0.5, 0.6) is 0 Å². The van der Waals surface area contributed by atoms with E-state index in [2.05, 4.69) is 4.98 Å². The van der Waals surface area contributed by atoms with Gasteiger partial charge in [-0.05, 0) is 19.1 Å². The van der Waals surface area contributed by atoms with Crippen LogP contribution in [-0.4, -0.2) is 10.1 Å². The van der Waals surface area contributed by atoms with Gasteiger partial charge in [-0.2, -0.15) is 0 Å². The van der Waals surface area contributed by atoms with E-state index in [1.54, 1.807) is 12.1 Å². The Morgan fingerprint density at radius 1 is 1.54 bits per heavy atom. The van der Waals surface area contributed by atoms with E-state index >= 15 is 0 Å². The molecule has 1 aromatic heterocycles. The maximum Gasteiger partial charge on any atom is 0.224 e. The fourth-order valence-corrected chi connectivity index (χ4v) is 1.11. The molecule has 0 fully saturated rings. The molecule has 1 unspecified atom stereocenters. The van der Waals surface area contributed by atoms with Crippen molar-refractivity contribution in [2.45, 2.75) is 13.0 Å². The zero-order valence-electron chi connectivity index (χ0n) is 6.99. The molecule has 68 valence electrons. The molecule has 1 heterocycles. The highest BCUT2D eigenvalue weighted by molar-refractivity contribution is 5.72. The third kappa shape index (κ3) is 1.29. The first-order valence-corrected chi connectivity index (χ1v) is 3.91. The lowest BCUT2D eigenvalue weighted by Gasteiger charge is -1.93. The third-order valence-corrected chi connectivity index (χ3v) is 1.74. The molecule has 0 aliphatic rings. The van der Waals surface area contributed by atoms with Crippen LogP contribution in [0.3, 0.4) is 0 Å². The van der Waals surface area contributed by atoms with Crippen LogP contribution in [0.4, 0.5) is 4.39 Å². The maximum absolute atomic E-state index is 13.0. The number of rotatable bonds is 1. The molecule has 0 radical (unpaired) electrons. The van der Waals surface area contributed by atoms with Gasteiger partial charge < -0.3 is 9.52 Å². The first-order chi connectivity index (χ1) is 6.18.